The molecule has 3 aromatic rings. The summed E-state index contributed by atoms with van der Waals surface area (Å²) in [6.07, 6.45) is 0. The van der Waals surface area contributed by atoms with Crippen LogP contribution < -0.4 is 10.2 Å². The lowest BCUT2D eigenvalue weighted by atomic mass is 10.2. The second-order valence-electron chi connectivity index (χ2n) is 5.17. The van der Waals surface area contributed by atoms with E-state index >= 15 is 0 Å². The molecule has 0 fully saturated rings. The first-order chi connectivity index (χ1) is 11.7. The second-order valence-corrected chi connectivity index (χ2v) is 7.53. The molecule has 0 saturated heterocycles. The second kappa shape index (κ2) is 6.31. The van der Waals surface area contributed by atoms with Crippen molar-refractivity contribution in [3.05, 3.63) is 57.5 Å². The van der Waals surface area contributed by atoms with Crippen molar-refractivity contribution in [2.45, 2.75) is 10.5 Å². The van der Waals surface area contributed by atoms with Gasteiger partial charge in [-0.05, 0) is 51.8 Å². The van der Waals surface area contributed by atoms with Gasteiger partial charge in [0.05, 0.1) is 7.11 Å². The largest absolute Gasteiger partial charge is 0.497 e. The highest BCUT2D eigenvalue weighted by Gasteiger charge is 2.28. The first-order valence-electron chi connectivity index (χ1n) is 7.13. The van der Waals surface area contributed by atoms with Gasteiger partial charge in [-0.25, -0.2) is 4.68 Å². The van der Waals surface area contributed by atoms with Crippen LogP contribution in [0.2, 0.25) is 5.02 Å². The SMILES string of the molecule is COc1ccc(-c2nnc3n2NC(c2ccc(Cl)cc2)S3)c(Br)c1. The van der Waals surface area contributed by atoms with E-state index in [0.717, 1.165) is 37.4 Å². The van der Waals surface area contributed by atoms with Crippen LogP contribution in [0.1, 0.15) is 10.9 Å². The number of benzene rings is 2. The van der Waals surface area contributed by atoms with Crippen LogP contribution in [0.5, 0.6) is 5.75 Å². The number of hydrogen-bond acceptors (Lipinski definition) is 5. The van der Waals surface area contributed by atoms with Gasteiger partial charge in [0.15, 0.2) is 5.82 Å². The van der Waals surface area contributed by atoms with Crippen molar-refractivity contribution in [2.24, 2.45) is 0 Å². The molecule has 1 N–H and O–H groups in total. The summed E-state index contributed by atoms with van der Waals surface area (Å²) < 4.78 is 8.06. The van der Waals surface area contributed by atoms with Crippen LogP contribution >= 0.6 is 39.3 Å². The molecule has 0 saturated carbocycles. The van der Waals surface area contributed by atoms with E-state index in [-0.39, 0.29) is 5.37 Å². The van der Waals surface area contributed by atoms with Gasteiger partial charge < -0.3 is 10.2 Å². The fourth-order valence-corrected chi connectivity index (χ4v) is 4.13. The van der Waals surface area contributed by atoms with Crippen LogP contribution in [-0.4, -0.2) is 22.0 Å². The van der Waals surface area contributed by atoms with Gasteiger partial charge in [0.1, 0.15) is 11.1 Å². The zero-order valence-electron chi connectivity index (χ0n) is 12.5. The molecule has 0 spiro atoms. The summed E-state index contributed by atoms with van der Waals surface area (Å²) in [4.78, 5) is 0. The molecular formula is C16H12BrClN4OS. The smallest absolute Gasteiger partial charge is 0.212 e. The molecule has 0 bridgehead atoms. The van der Waals surface area contributed by atoms with Gasteiger partial charge in [-0.1, -0.05) is 35.5 Å². The lowest BCUT2D eigenvalue weighted by molar-refractivity contribution is 0.414. The summed E-state index contributed by atoms with van der Waals surface area (Å²) in [5.41, 5.74) is 5.51. The summed E-state index contributed by atoms with van der Waals surface area (Å²) in [5.74, 6) is 1.54. The van der Waals surface area contributed by atoms with Crippen LogP contribution in [-0.2, 0) is 0 Å². The maximum absolute atomic E-state index is 5.96. The number of nitrogens with one attached hydrogen (secondary N) is 1. The van der Waals surface area contributed by atoms with Gasteiger partial charge in [-0.2, -0.15) is 0 Å². The average molecular weight is 424 g/mol. The van der Waals surface area contributed by atoms with E-state index in [0.29, 0.717) is 0 Å². The minimum absolute atomic E-state index is 0.0727. The number of fused-ring (bicyclic) bond motifs is 1. The molecule has 24 heavy (non-hydrogen) atoms. The van der Waals surface area contributed by atoms with Crippen LogP contribution in [0, 0.1) is 0 Å². The minimum atomic E-state index is 0.0727. The van der Waals surface area contributed by atoms with E-state index in [1.807, 2.05) is 47.1 Å². The van der Waals surface area contributed by atoms with Gasteiger partial charge >= 0.3 is 0 Å². The zero-order chi connectivity index (χ0) is 16.7. The topological polar surface area (TPSA) is 52.0 Å². The Balaban J connectivity index is 1.66. The lowest BCUT2D eigenvalue weighted by Gasteiger charge is -2.13. The van der Waals surface area contributed by atoms with Crippen LogP contribution in [0.3, 0.4) is 0 Å². The van der Waals surface area contributed by atoms with Crippen molar-refractivity contribution in [1.29, 1.82) is 0 Å². The van der Waals surface area contributed by atoms with Crippen molar-refractivity contribution in [1.82, 2.24) is 14.9 Å². The molecule has 1 atom stereocenters. The third kappa shape index (κ3) is 2.76. The Morgan fingerprint density at radius 3 is 2.71 bits per heavy atom. The molecule has 4 rings (SSSR count). The summed E-state index contributed by atoms with van der Waals surface area (Å²) in [6.45, 7) is 0. The molecule has 2 heterocycles. The molecule has 2 aromatic carbocycles. The summed E-state index contributed by atoms with van der Waals surface area (Å²) in [5, 5.41) is 10.2. The first kappa shape index (κ1) is 15.8. The summed E-state index contributed by atoms with van der Waals surface area (Å²) in [6, 6.07) is 13.6. The van der Waals surface area contributed by atoms with E-state index < -0.39 is 0 Å². The number of methoxy groups -OCH3 is 1. The third-order valence-electron chi connectivity index (χ3n) is 3.69. The fraction of sp³-hybridized carbons (Fsp3) is 0.125. The van der Waals surface area contributed by atoms with Gasteiger partial charge in [-0.15, -0.1) is 10.2 Å². The molecule has 0 radical (unpaired) electrons. The normalized spacial score (nSPS) is 15.9. The number of halogens is 2. The van der Waals surface area contributed by atoms with Gasteiger partial charge in [0.25, 0.3) is 0 Å². The molecule has 0 aliphatic carbocycles. The minimum Gasteiger partial charge on any atom is -0.497 e. The van der Waals surface area contributed by atoms with Crippen molar-refractivity contribution < 1.29 is 4.74 Å². The Labute approximate surface area is 156 Å². The Morgan fingerprint density at radius 1 is 1.21 bits per heavy atom. The molecule has 5 nitrogen and oxygen atoms in total. The lowest BCUT2D eigenvalue weighted by Crippen LogP contribution is -2.13. The van der Waals surface area contributed by atoms with Crippen LogP contribution in [0.15, 0.2) is 52.1 Å². The fourth-order valence-electron chi connectivity index (χ4n) is 2.47. The number of hydrogen-bond donors (Lipinski definition) is 1. The van der Waals surface area contributed by atoms with E-state index in [1.165, 1.54) is 0 Å². The number of rotatable bonds is 3. The number of aromatic nitrogens is 3. The van der Waals surface area contributed by atoms with Gasteiger partial charge in [-0.3, -0.25) is 0 Å². The molecule has 1 aromatic heterocycles. The number of thioether (sulfide) groups is 1. The van der Waals surface area contributed by atoms with Crippen molar-refractivity contribution in [3.63, 3.8) is 0 Å². The van der Waals surface area contributed by atoms with Crippen LogP contribution in [0.25, 0.3) is 11.4 Å². The van der Waals surface area contributed by atoms with Crippen molar-refractivity contribution in [2.75, 3.05) is 12.5 Å². The third-order valence-corrected chi connectivity index (χ3v) is 5.69. The molecule has 8 heteroatoms. The average Bonchev–Trinajstić information content (AvgIpc) is 3.16. The monoisotopic (exact) mass is 422 g/mol. The van der Waals surface area contributed by atoms with Crippen molar-refractivity contribution in [3.8, 4) is 17.1 Å². The number of nitrogens with zero attached hydrogens (tertiary/aromatic N) is 3. The summed E-state index contributed by atoms with van der Waals surface area (Å²) >= 11 is 11.2. The maximum Gasteiger partial charge on any atom is 0.212 e. The Hall–Kier alpha value is -1.70. The van der Waals surface area contributed by atoms with Gasteiger partial charge in [0.2, 0.25) is 5.16 Å². The van der Waals surface area contributed by atoms with E-state index in [2.05, 4.69) is 31.6 Å². The highest BCUT2D eigenvalue weighted by Crippen LogP contribution is 2.41. The van der Waals surface area contributed by atoms with E-state index in [4.69, 9.17) is 16.3 Å². The highest BCUT2D eigenvalue weighted by molar-refractivity contribution is 9.10. The van der Waals surface area contributed by atoms with Crippen molar-refractivity contribution >= 4 is 39.3 Å². The Kier molecular flexibility index (Phi) is 4.15. The predicted molar refractivity (Wildman–Crippen MR) is 99.1 cm³/mol. The number of ether oxygens (including phenoxy) is 1. The van der Waals surface area contributed by atoms with Crippen LogP contribution in [0.4, 0.5) is 0 Å². The predicted octanol–water partition coefficient (Wildman–Crippen LogP) is 4.72. The summed E-state index contributed by atoms with van der Waals surface area (Å²) in [7, 11) is 1.64. The molecule has 1 unspecified atom stereocenters. The zero-order valence-corrected chi connectivity index (χ0v) is 15.7. The quantitative estimate of drug-likeness (QED) is 0.661. The van der Waals surface area contributed by atoms with E-state index in [9.17, 15) is 0 Å². The van der Waals surface area contributed by atoms with Gasteiger partial charge in [0, 0.05) is 15.1 Å². The maximum atomic E-state index is 5.96. The molecule has 1 aliphatic rings. The molecular weight excluding hydrogens is 412 g/mol. The molecule has 1 aliphatic heterocycles. The standard InChI is InChI=1S/C16H12BrClN4OS/c1-23-11-6-7-12(13(17)8-11)14-19-20-16-22(14)21-15(24-16)9-2-4-10(18)5-3-9/h2-8,15,21H,1H3. The molecule has 122 valence electrons. The van der Waals surface area contributed by atoms with E-state index in [1.54, 1.807) is 18.9 Å². The Bertz CT molecular complexity index is 900. The molecule has 0 amide bonds. The highest BCUT2D eigenvalue weighted by atomic mass is 79.9. The Morgan fingerprint density at radius 2 is 2.00 bits per heavy atom. The first-order valence-corrected chi connectivity index (χ1v) is 9.19.